The fraction of sp³-hybridized carbons (Fsp3) is 0.0938. The molecule has 2 heterocycles. The van der Waals surface area contributed by atoms with Crippen LogP contribution >= 0.6 is 0 Å². The Hall–Kier alpha value is -4.77. The van der Waals surface area contributed by atoms with E-state index in [2.05, 4.69) is 66.8 Å². The molecular weight excluding hydrogens is 458 g/mol. The number of rotatable bonds is 3. The maximum atomic E-state index is 6.41. The van der Waals surface area contributed by atoms with Gasteiger partial charge in [0.15, 0.2) is 40.5 Å². The van der Waals surface area contributed by atoms with Crippen molar-refractivity contribution in [3.63, 3.8) is 0 Å². The van der Waals surface area contributed by atoms with Crippen LogP contribution in [0.15, 0.2) is 91.5 Å². The van der Waals surface area contributed by atoms with Crippen LogP contribution < -0.4 is 9.47 Å². The summed E-state index contributed by atoms with van der Waals surface area (Å²) >= 11 is 0. The van der Waals surface area contributed by atoms with Crippen LogP contribution in [-0.2, 0) is 5.41 Å². The lowest BCUT2D eigenvalue weighted by atomic mass is 9.82. The van der Waals surface area contributed by atoms with E-state index in [-0.39, 0.29) is 5.41 Å². The van der Waals surface area contributed by atoms with E-state index >= 15 is 0 Å². The molecule has 0 unspecified atom stereocenters. The Labute approximate surface area is 215 Å². The van der Waals surface area contributed by atoms with Gasteiger partial charge in [0.25, 0.3) is 0 Å². The van der Waals surface area contributed by atoms with Crippen molar-refractivity contribution in [1.29, 1.82) is 0 Å². The molecule has 7 rings (SSSR count). The topological polar surface area (TPSA) is 57.1 Å². The van der Waals surface area contributed by atoms with Gasteiger partial charge in [-0.05, 0) is 58.7 Å². The third kappa shape index (κ3) is 3.35. The number of hydrogen-bond acceptors (Lipinski definition) is 5. The van der Waals surface area contributed by atoms with Gasteiger partial charge in [-0.1, -0.05) is 75.0 Å². The Bertz CT molecular complexity index is 1720. The van der Waals surface area contributed by atoms with Gasteiger partial charge in [-0.3, -0.25) is 0 Å². The van der Waals surface area contributed by atoms with Crippen LogP contribution in [0.5, 0.6) is 23.0 Å². The Morgan fingerprint density at radius 1 is 0.622 bits per heavy atom. The number of ether oxygens (including phenoxy) is 2. The van der Waals surface area contributed by atoms with Crippen molar-refractivity contribution >= 4 is 6.08 Å². The first-order chi connectivity index (χ1) is 18.0. The summed E-state index contributed by atoms with van der Waals surface area (Å²) in [5.41, 5.74) is 6.59. The Morgan fingerprint density at radius 3 is 2.11 bits per heavy atom. The van der Waals surface area contributed by atoms with Crippen LogP contribution in [0.2, 0.25) is 0 Å². The van der Waals surface area contributed by atoms with E-state index in [1.807, 2.05) is 48.5 Å². The molecule has 0 saturated carbocycles. The number of fused-ring (bicyclic) bond motifs is 5. The zero-order valence-corrected chi connectivity index (χ0v) is 20.5. The van der Waals surface area contributed by atoms with Gasteiger partial charge in [-0.2, -0.15) is 0 Å². The van der Waals surface area contributed by atoms with Crippen LogP contribution in [0.3, 0.4) is 0 Å². The highest BCUT2D eigenvalue weighted by molar-refractivity contribution is 5.83. The van der Waals surface area contributed by atoms with Crippen LogP contribution in [-0.4, -0.2) is 15.0 Å². The standard InChI is InChI=1S/C32H23N3O2/c1-4-29-33-30(19-10-6-5-7-11-19)35-31(34-29)20-14-15-25-26(16-20)37-28-18-24-22(17-27(28)36-25)21-12-8-9-13-23(21)32(24,2)3/h4-18H,1H2,2-3H3. The molecule has 0 spiro atoms. The predicted molar refractivity (Wildman–Crippen MR) is 145 cm³/mol. The number of aromatic nitrogens is 3. The van der Waals surface area contributed by atoms with Gasteiger partial charge in [0.05, 0.1) is 0 Å². The first kappa shape index (κ1) is 21.5. The monoisotopic (exact) mass is 481 g/mol. The normalized spacial score (nSPS) is 13.9. The molecule has 178 valence electrons. The SMILES string of the molecule is C=Cc1nc(-c2ccccc2)nc(-c2ccc3c(c2)Oc2cc4c(cc2O3)-c2ccccc2C4(C)C)n1. The van der Waals surface area contributed by atoms with E-state index in [0.717, 1.165) is 11.1 Å². The second kappa shape index (κ2) is 7.87. The van der Waals surface area contributed by atoms with Crippen LogP contribution in [0.4, 0.5) is 0 Å². The fourth-order valence-electron chi connectivity index (χ4n) is 5.24. The number of nitrogens with zero attached hydrogens (tertiary/aromatic N) is 3. The first-order valence-electron chi connectivity index (χ1n) is 12.2. The van der Waals surface area contributed by atoms with Gasteiger partial charge in [0.1, 0.15) is 0 Å². The molecule has 0 N–H and O–H groups in total. The minimum absolute atomic E-state index is 0.119. The molecule has 5 heteroatoms. The second-order valence-electron chi connectivity index (χ2n) is 9.79. The third-order valence-corrected chi connectivity index (χ3v) is 7.16. The van der Waals surface area contributed by atoms with Crippen molar-refractivity contribution in [2.24, 2.45) is 0 Å². The second-order valence-corrected chi connectivity index (χ2v) is 9.79. The molecule has 1 aromatic heterocycles. The quantitative estimate of drug-likeness (QED) is 0.256. The molecule has 5 aromatic rings. The van der Waals surface area contributed by atoms with Crippen molar-refractivity contribution in [2.75, 3.05) is 0 Å². The van der Waals surface area contributed by atoms with Crippen molar-refractivity contribution in [3.8, 4) is 56.9 Å². The van der Waals surface area contributed by atoms with Crippen molar-refractivity contribution in [1.82, 2.24) is 15.0 Å². The highest BCUT2D eigenvalue weighted by Gasteiger charge is 2.37. The van der Waals surface area contributed by atoms with E-state index in [1.54, 1.807) is 6.08 Å². The molecule has 0 radical (unpaired) electrons. The summed E-state index contributed by atoms with van der Waals surface area (Å²) in [6, 6.07) is 28.4. The molecule has 0 amide bonds. The van der Waals surface area contributed by atoms with E-state index in [4.69, 9.17) is 14.5 Å². The summed E-state index contributed by atoms with van der Waals surface area (Å²) in [6.45, 7) is 8.36. The minimum Gasteiger partial charge on any atom is -0.449 e. The summed E-state index contributed by atoms with van der Waals surface area (Å²) in [5.74, 6) is 4.36. The molecule has 0 saturated heterocycles. The molecule has 0 fully saturated rings. The largest absolute Gasteiger partial charge is 0.449 e. The van der Waals surface area contributed by atoms with E-state index < -0.39 is 0 Å². The maximum Gasteiger partial charge on any atom is 0.170 e. The Balaban J connectivity index is 1.29. The van der Waals surface area contributed by atoms with Gasteiger partial charge < -0.3 is 9.47 Å². The summed E-state index contributed by atoms with van der Waals surface area (Å²) in [5, 5.41) is 0. The van der Waals surface area contributed by atoms with Gasteiger partial charge >= 0.3 is 0 Å². The number of hydrogen-bond donors (Lipinski definition) is 0. The van der Waals surface area contributed by atoms with Crippen LogP contribution in [0, 0.1) is 0 Å². The molecule has 0 atom stereocenters. The van der Waals surface area contributed by atoms with Crippen molar-refractivity contribution < 1.29 is 9.47 Å². The van der Waals surface area contributed by atoms with Crippen molar-refractivity contribution in [3.05, 3.63) is 108 Å². The molecule has 1 aliphatic heterocycles. The van der Waals surface area contributed by atoms with Gasteiger partial charge in [0, 0.05) is 16.5 Å². The average Bonchev–Trinajstić information content (AvgIpc) is 3.16. The zero-order valence-electron chi connectivity index (χ0n) is 20.5. The van der Waals surface area contributed by atoms with Gasteiger partial charge in [0.2, 0.25) is 0 Å². The lowest BCUT2D eigenvalue weighted by Gasteiger charge is -2.25. The Morgan fingerprint density at radius 2 is 1.30 bits per heavy atom. The van der Waals surface area contributed by atoms with Gasteiger partial charge in [-0.15, -0.1) is 0 Å². The lowest BCUT2D eigenvalue weighted by Crippen LogP contribution is -2.15. The lowest BCUT2D eigenvalue weighted by molar-refractivity contribution is 0.359. The summed E-state index contributed by atoms with van der Waals surface area (Å²) in [4.78, 5) is 13.9. The highest BCUT2D eigenvalue weighted by Crippen LogP contribution is 2.55. The number of benzene rings is 4. The molecule has 5 nitrogen and oxygen atoms in total. The molecule has 0 bridgehead atoms. The maximum absolute atomic E-state index is 6.41. The van der Waals surface area contributed by atoms with Crippen molar-refractivity contribution in [2.45, 2.75) is 19.3 Å². The third-order valence-electron chi connectivity index (χ3n) is 7.16. The van der Waals surface area contributed by atoms with E-state index in [1.165, 1.54) is 22.3 Å². The zero-order chi connectivity index (χ0) is 25.1. The average molecular weight is 482 g/mol. The molecule has 4 aromatic carbocycles. The predicted octanol–water partition coefficient (Wildman–Crippen LogP) is 8.05. The van der Waals surface area contributed by atoms with Gasteiger partial charge in [-0.25, -0.2) is 15.0 Å². The van der Waals surface area contributed by atoms with Crippen LogP contribution in [0.1, 0.15) is 30.8 Å². The first-order valence-corrected chi connectivity index (χ1v) is 12.2. The van der Waals surface area contributed by atoms with Crippen LogP contribution in [0.25, 0.3) is 40.0 Å². The molecule has 2 aliphatic rings. The Kier molecular flexibility index (Phi) is 4.57. The molecular formula is C32H23N3O2. The molecule has 37 heavy (non-hydrogen) atoms. The fourth-order valence-corrected chi connectivity index (χ4v) is 5.24. The minimum atomic E-state index is -0.119. The molecule has 1 aliphatic carbocycles. The van der Waals surface area contributed by atoms with E-state index in [9.17, 15) is 0 Å². The summed E-state index contributed by atoms with van der Waals surface area (Å²) in [6.07, 6.45) is 1.63. The van der Waals surface area contributed by atoms with E-state index in [0.29, 0.717) is 40.5 Å². The summed E-state index contributed by atoms with van der Waals surface area (Å²) in [7, 11) is 0. The highest BCUT2D eigenvalue weighted by atomic mass is 16.6. The smallest absolute Gasteiger partial charge is 0.170 e. The summed E-state index contributed by atoms with van der Waals surface area (Å²) < 4.78 is 12.7.